The topological polar surface area (TPSA) is 67.8 Å². The zero-order valence-corrected chi connectivity index (χ0v) is 15.1. The van der Waals surface area contributed by atoms with Gasteiger partial charge < -0.3 is 10.1 Å². The minimum atomic E-state index is -0.454. The molecule has 0 unspecified atom stereocenters. The molecule has 0 spiro atoms. The van der Waals surface area contributed by atoms with Crippen LogP contribution < -0.4 is 5.32 Å². The zero-order chi connectivity index (χ0) is 18.0. The van der Waals surface area contributed by atoms with E-state index in [1.54, 1.807) is 29.5 Å². The van der Waals surface area contributed by atoms with Crippen LogP contribution in [0.4, 0.5) is 5.69 Å². The number of aryl methyl sites for hydroxylation is 2. The molecular formula is C19H18N2O3S. The molecule has 25 heavy (non-hydrogen) atoms. The van der Waals surface area contributed by atoms with E-state index in [1.165, 1.54) is 17.4 Å². The van der Waals surface area contributed by atoms with Crippen LogP contribution in [0.3, 0.4) is 0 Å². The van der Waals surface area contributed by atoms with Crippen molar-refractivity contribution in [2.24, 2.45) is 4.99 Å². The SMILES string of the molecule is CCc1sc(C2=NC(=Cc3ccc(NC(C)=O)cc3)C(=O)O2)cc1C. The van der Waals surface area contributed by atoms with Crippen LogP contribution in [0.2, 0.25) is 0 Å². The van der Waals surface area contributed by atoms with Crippen LogP contribution in [0.5, 0.6) is 0 Å². The molecule has 6 heteroatoms. The van der Waals surface area contributed by atoms with Gasteiger partial charge in [-0.15, -0.1) is 11.3 Å². The Hall–Kier alpha value is -2.73. The predicted molar refractivity (Wildman–Crippen MR) is 99.8 cm³/mol. The lowest BCUT2D eigenvalue weighted by Gasteiger charge is -2.01. The highest BCUT2D eigenvalue weighted by Gasteiger charge is 2.25. The molecule has 0 fully saturated rings. The molecule has 1 aliphatic rings. The van der Waals surface area contributed by atoms with Crippen LogP contribution in [0, 0.1) is 6.92 Å². The summed E-state index contributed by atoms with van der Waals surface area (Å²) in [6.07, 6.45) is 2.62. The maximum absolute atomic E-state index is 12.1. The Morgan fingerprint density at radius 2 is 2.04 bits per heavy atom. The fourth-order valence-corrected chi connectivity index (χ4v) is 3.55. The maximum atomic E-state index is 12.1. The second-order valence-corrected chi connectivity index (χ2v) is 6.85. The fraction of sp³-hybridized carbons (Fsp3) is 0.211. The second kappa shape index (κ2) is 7.03. The average Bonchev–Trinajstić information content (AvgIpc) is 3.12. The summed E-state index contributed by atoms with van der Waals surface area (Å²) in [5, 5.41) is 2.70. The van der Waals surface area contributed by atoms with Crippen LogP contribution in [-0.4, -0.2) is 17.8 Å². The van der Waals surface area contributed by atoms with Gasteiger partial charge in [0.05, 0.1) is 4.88 Å². The largest absolute Gasteiger partial charge is 0.401 e. The number of esters is 1. The predicted octanol–water partition coefficient (Wildman–Crippen LogP) is 3.92. The summed E-state index contributed by atoms with van der Waals surface area (Å²) in [4.78, 5) is 29.6. The Balaban J connectivity index is 1.84. The van der Waals surface area contributed by atoms with E-state index in [9.17, 15) is 9.59 Å². The van der Waals surface area contributed by atoms with Gasteiger partial charge >= 0.3 is 5.97 Å². The number of anilines is 1. The molecule has 1 aromatic carbocycles. The van der Waals surface area contributed by atoms with E-state index in [0.29, 0.717) is 11.6 Å². The van der Waals surface area contributed by atoms with Gasteiger partial charge in [0.1, 0.15) is 0 Å². The highest BCUT2D eigenvalue weighted by atomic mass is 32.1. The van der Waals surface area contributed by atoms with Gasteiger partial charge in [-0.05, 0) is 48.7 Å². The number of nitrogens with one attached hydrogen (secondary N) is 1. The van der Waals surface area contributed by atoms with Crippen molar-refractivity contribution in [3.05, 3.63) is 56.9 Å². The van der Waals surface area contributed by atoms with Crippen molar-refractivity contribution in [1.29, 1.82) is 0 Å². The number of carbonyl (C=O) groups is 2. The number of benzene rings is 1. The van der Waals surface area contributed by atoms with Gasteiger partial charge in [-0.3, -0.25) is 4.79 Å². The second-order valence-electron chi connectivity index (χ2n) is 5.71. The first-order chi connectivity index (χ1) is 12.0. The van der Waals surface area contributed by atoms with Gasteiger partial charge in [0.15, 0.2) is 5.70 Å². The molecule has 0 aliphatic carbocycles. The Morgan fingerprint density at radius 1 is 1.32 bits per heavy atom. The summed E-state index contributed by atoms with van der Waals surface area (Å²) < 4.78 is 5.32. The molecule has 0 atom stereocenters. The van der Waals surface area contributed by atoms with Crippen LogP contribution in [0.25, 0.3) is 6.08 Å². The summed E-state index contributed by atoms with van der Waals surface area (Å²) in [5.41, 5.74) is 2.97. The van der Waals surface area contributed by atoms with Crippen LogP contribution in [0.1, 0.15) is 34.7 Å². The average molecular weight is 354 g/mol. The molecule has 5 nitrogen and oxygen atoms in total. The van der Waals surface area contributed by atoms with Crippen molar-refractivity contribution in [3.63, 3.8) is 0 Å². The number of hydrogen-bond donors (Lipinski definition) is 1. The van der Waals surface area contributed by atoms with Gasteiger partial charge in [-0.1, -0.05) is 19.1 Å². The van der Waals surface area contributed by atoms with Gasteiger partial charge in [0.2, 0.25) is 11.8 Å². The molecule has 1 aliphatic heterocycles. The van der Waals surface area contributed by atoms with Crippen molar-refractivity contribution in [1.82, 2.24) is 0 Å². The molecule has 0 saturated heterocycles. The van der Waals surface area contributed by atoms with Crippen molar-refractivity contribution >= 4 is 40.9 Å². The van der Waals surface area contributed by atoms with E-state index in [-0.39, 0.29) is 11.6 Å². The number of nitrogens with zero attached hydrogens (tertiary/aromatic N) is 1. The molecule has 1 aromatic heterocycles. The summed E-state index contributed by atoms with van der Waals surface area (Å²) in [6, 6.07) is 9.16. The maximum Gasteiger partial charge on any atom is 0.363 e. The molecule has 2 heterocycles. The minimum Gasteiger partial charge on any atom is -0.401 e. The monoisotopic (exact) mass is 354 g/mol. The van der Waals surface area contributed by atoms with Crippen molar-refractivity contribution in [3.8, 4) is 0 Å². The fourth-order valence-electron chi connectivity index (χ4n) is 2.51. The Labute approximate surface area is 150 Å². The normalized spacial score (nSPS) is 15.2. The molecule has 2 aromatic rings. The Bertz CT molecular complexity index is 892. The Kier molecular flexibility index (Phi) is 4.81. The summed E-state index contributed by atoms with van der Waals surface area (Å²) in [6.45, 7) is 5.60. The van der Waals surface area contributed by atoms with E-state index in [4.69, 9.17) is 4.74 Å². The van der Waals surface area contributed by atoms with E-state index in [1.807, 2.05) is 25.1 Å². The molecule has 128 valence electrons. The van der Waals surface area contributed by atoms with E-state index in [2.05, 4.69) is 17.2 Å². The third-order valence-corrected chi connectivity index (χ3v) is 5.08. The van der Waals surface area contributed by atoms with Gasteiger partial charge in [-0.25, -0.2) is 9.79 Å². The standard InChI is InChI=1S/C19H18N2O3S/c1-4-16-11(2)9-17(25-16)18-21-15(19(23)24-18)10-13-5-7-14(8-6-13)20-12(3)22/h5-10H,4H2,1-3H3,(H,20,22). The van der Waals surface area contributed by atoms with Gasteiger partial charge in [-0.2, -0.15) is 0 Å². The molecule has 3 rings (SSSR count). The molecular weight excluding hydrogens is 336 g/mol. The summed E-state index contributed by atoms with van der Waals surface area (Å²) >= 11 is 1.60. The lowest BCUT2D eigenvalue weighted by molar-refractivity contribution is -0.129. The molecule has 1 amide bonds. The lowest BCUT2D eigenvalue weighted by atomic mass is 10.2. The third-order valence-electron chi connectivity index (χ3n) is 3.71. The highest BCUT2D eigenvalue weighted by molar-refractivity contribution is 7.14. The van der Waals surface area contributed by atoms with Gasteiger partial charge in [0, 0.05) is 17.5 Å². The summed E-state index contributed by atoms with van der Waals surface area (Å²) in [7, 11) is 0. The lowest BCUT2D eigenvalue weighted by Crippen LogP contribution is -2.05. The molecule has 1 N–H and O–H groups in total. The molecule has 0 radical (unpaired) electrons. The number of carbonyl (C=O) groups excluding carboxylic acids is 2. The first-order valence-corrected chi connectivity index (χ1v) is 8.78. The van der Waals surface area contributed by atoms with E-state index in [0.717, 1.165) is 16.9 Å². The first-order valence-electron chi connectivity index (χ1n) is 7.96. The quantitative estimate of drug-likeness (QED) is 0.668. The molecule has 0 saturated carbocycles. The first kappa shape index (κ1) is 17.1. The van der Waals surface area contributed by atoms with Crippen LogP contribution >= 0.6 is 11.3 Å². The number of aliphatic imine (C=N–C) groups is 1. The van der Waals surface area contributed by atoms with Crippen molar-refractivity contribution in [2.75, 3.05) is 5.32 Å². The number of rotatable bonds is 4. The molecule has 0 bridgehead atoms. The zero-order valence-electron chi connectivity index (χ0n) is 14.3. The van der Waals surface area contributed by atoms with Gasteiger partial charge in [0.25, 0.3) is 0 Å². The number of cyclic esters (lactones) is 1. The number of hydrogen-bond acceptors (Lipinski definition) is 5. The van der Waals surface area contributed by atoms with E-state index < -0.39 is 5.97 Å². The highest BCUT2D eigenvalue weighted by Crippen LogP contribution is 2.27. The summed E-state index contributed by atoms with van der Waals surface area (Å²) in [5.74, 6) is -0.221. The third kappa shape index (κ3) is 3.85. The Morgan fingerprint density at radius 3 is 2.64 bits per heavy atom. The number of thiophene rings is 1. The van der Waals surface area contributed by atoms with Crippen molar-refractivity contribution < 1.29 is 14.3 Å². The van der Waals surface area contributed by atoms with E-state index >= 15 is 0 Å². The smallest absolute Gasteiger partial charge is 0.363 e. The minimum absolute atomic E-state index is 0.127. The van der Waals surface area contributed by atoms with Crippen LogP contribution in [0.15, 0.2) is 41.0 Å². The number of ether oxygens (including phenoxy) is 1. The van der Waals surface area contributed by atoms with Crippen molar-refractivity contribution in [2.45, 2.75) is 27.2 Å². The van der Waals surface area contributed by atoms with Crippen LogP contribution in [-0.2, 0) is 20.7 Å². The number of amides is 1.